The van der Waals surface area contributed by atoms with Crippen molar-refractivity contribution in [2.75, 3.05) is 4.90 Å². The molecule has 8 atom stereocenters. The zero-order valence-electron chi connectivity index (χ0n) is 23.2. The smallest absolute Gasteiger partial charge is 0.292 e. The third kappa shape index (κ3) is 5.86. The van der Waals surface area contributed by atoms with Crippen LogP contribution in [-0.4, -0.2) is 56.7 Å². The maximum absolute atomic E-state index is 15.2. The van der Waals surface area contributed by atoms with Gasteiger partial charge in [-0.1, -0.05) is 31.2 Å². The Morgan fingerprint density at radius 3 is 2.02 bits per heavy atom. The van der Waals surface area contributed by atoms with Crippen LogP contribution >= 0.6 is 0 Å². The topological polar surface area (TPSA) is 110 Å². The second kappa shape index (κ2) is 12.2. The predicted molar refractivity (Wildman–Crippen MR) is 148 cm³/mol. The molecule has 1 aliphatic heterocycles. The lowest BCUT2D eigenvalue weighted by atomic mass is 9.76. The quantitative estimate of drug-likeness (QED) is 0.209. The number of ether oxygens (including phenoxy) is 1. The number of β-lactam (4-membered cyclic amide) rings is 1. The molecule has 0 bridgehead atoms. The summed E-state index contributed by atoms with van der Waals surface area (Å²) in [6.45, 7) is 1.44. The van der Waals surface area contributed by atoms with Gasteiger partial charge in [0, 0.05) is 5.69 Å². The van der Waals surface area contributed by atoms with Crippen LogP contribution in [0.2, 0.25) is 0 Å². The average Bonchev–Trinajstić information content (AvgIpc) is 2.99. The van der Waals surface area contributed by atoms with Gasteiger partial charge in [0.15, 0.2) is 6.10 Å². The summed E-state index contributed by atoms with van der Waals surface area (Å²) in [5.41, 5.74) is 1.58. The third-order valence-corrected chi connectivity index (χ3v) is 8.55. The third-order valence-electron chi connectivity index (χ3n) is 8.55. The minimum Gasteiger partial charge on any atom is -0.481 e. The maximum atomic E-state index is 15.2. The monoisotopic (exact) mass is 603 g/mol. The standard InChI is InChI=1S/C32H33F4NO6/c1-2-24-27(39)28(40)29(41)30(32(24,35)36)43-22-13-5-18(6-14-22)26-23(15-16-25(38)17-3-7-19(33)8-4-17)31(42)37(26)21-11-9-20(34)10-12-21/h3-14,23-30,38-41H,2,15-16H2,1H3/t23-,24-,25+,26-,27-,28+,29-,30+/m1/s1. The van der Waals surface area contributed by atoms with Crippen LogP contribution in [0, 0.1) is 23.5 Å². The summed E-state index contributed by atoms with van der Waals surface area (Å²) in [5, 5.41) is 41.2. The fourth-order valence-electron chi connectivity index (χ4n) is 6.13. The number of carbonyl (C=O) groups excluding carboxylic acids is 1. The number of hydrogen-bond acceptors (Lipinski definition) is 6. The van der Waals surface area contributed by atoms with E-state index in [0.717, 1.165) is 0 Å². The minimum absolute atomic E-state index is 0.0202. The van der Waals surface area contributed by atoms with Crippen molar-refractivity contribution in [2.24, 2.45) is 11.8 Å². The Labute approximate surface area is 246 Å². The van der Waals surface area contributed by atoms with Crippen LogP contribution < -0.4 is 9.64 Å². The molecule has 1 saturated carbocycles. The van der Waals surface area contributed by atoms with E-state index in [1.807, 2.05) is 0 Å². The summed E-state index contributed by atoms with van der Waals surface area (Å²) in [5.74, 6) is -7.00. The normalized spacial score (nSPS) is 29.2. The van der Waals surface area contributed by atoms with E-state index in [0.29, 0.717) is 16.8 Å². The van der Waals surface area contributed by atoms with Crippen molar-refractivity contribution >= 4 is 11.6 Å². The Kier molecular flexibility index (Phi) is 8.80. The number of anilines is 1. The molecule has 1 amide bonds. The molecule has 3 aromatic rings. The van der Waals surface area contributed by atoms with E-state index in [2.05, 4.69) is 0 Å². The molecule has 5 rings (SSSR count). The number of benzene rings is 3. The first-order valence-corrected chi connectivity index (χ1v) is 14.1. The van der Waals surface area contributed by atoms with Crippen molar-refractivity contribution in [1.82, 2.24) is 0 Å². The van der Waals surface area contributed by atoms with Gasteiger partial charge in [-0.3, -0.25) is 4.79 Å². The van der Waals surface area contributed by atoms with Gasteiger partial charge in [-0.2, -0.15) is 0 Å². The highest BCUT2D eigenvalue weighted by Crippen LogP contribution is 2.47. The van der Waals surface area contributed by atoms with Crippen molar-refractivity contribution in [3.63, 3.8) is 0 Å². The van der Waals surface area contributed by atoms with Gasteiger partial charge in [-0.05, 0) is 78.9 Å². The Bertz CT molecular complexity index is 1400. The van der Waals surface area contributed by atoms with Crippen molar-refractivity contribution in [3.8, 4) is 5.75 Å². The Morgan fingerprint density at radius 2 is 1.44 bits per heavy atom. The number of nitrogens with zero attached hydrogens (tertiary/aromatic N) is 1. The first-order chi connectivity index (χ1) is 20.4. The highest BCUT2D eigenvalue weighted by Gasteiger charge is 2.61. The SMILES string of the molecule is CC[C@@H]1[C@@H](O)[C@H](O)[C@@H](O)[C@H](Oc2ccc([C@@H]3[C@@H](CC[C@H](O)c4ccc(F)cc4)C(=O)N3c3ccc(F)cc3)cc2)C1(F)F. The van der Waals surface area contributed by atoms with Crippen LogP contribution in [0.25, 0.3) is 0 Å². The summed E-state index contributed by atoms with van der Waals surface area (Å²) in [6.07, 6.45) is -8.38. The van der Waals surface area contributed by atoms with Crippen LogP contribution in [0.15, 0.2) is 72.8 Å². The lowest BCUT2D eigenvalue weighted by Gasteiger charge is -2.48. The summed E-state index contributed by atoms with van der Waals surface area (Å²) in [7, 11) is 0. The molecule has 2 aliphatic rings. The molecule has 43 heavy (non-hydrogen) atoms. The molecular formula is C32H33F4NO6. The van der Waals surface area contributed by atoms with E-state index in [9.17, 15) is 34.0 Å². The molecule has 4 N–H and O–H groups in total. The Balaban J connectivity index is 1.37. The van der Waals surface area contributed by atoms with Crippen molar-refractivity contribution in [2.45, 2.75) is 68.7 Å². The number of aliphatic hydroxyl groups excluding tert-OH is 4. The van der Waals surface area contributed by atoms with E-state index in [1.54, 1.807) is 12.1 Å². The van der Waals surface area contributed by atoms with Gasteiger partial charge in [-0.15, -0.1) is 0 Å². The molecule has 11 heteroatoms. The Morgan fingerprint density at radius 1 is 0.860 bits per heavy atom. The summed E-state index contributed by atoms with van der Waals surface area (Å²) < 4.78 is 62.7. The van der Waals surface area contributed by atoms with Crippen LogP contribution in [0.1, 0.15) is 49.5 Å². The molecule has 0 aromatic heterocycles. The van der Waals surface area contributed by atoms with E-state index in [4.69, 9.17) is 4.74 Å². The molecule has 0 unspecified atom stereocenters. The van der Waals surface area contributed by atoms with Gasteiger partial charge in [-0.25, -0.2) is 17.6 Å². The molecule has 1 saturated heterocycles. The first-order valence-electron chi connectivity index (χ1n) is 14.1. The predicted octanol–water partition coefficient (Wildman–Crippen LogP) is 4.69. The fraction of sp³-hybridized carbons (Fsp3) is 0.406. The van der Waals surface area contributed by atoms with E-state index in [-0.39, 0.29) is 30.9 Å². The van der Waals surface area contributed by atoms with Crippen LogP contribution in [0.5, 0.6) is 5.75 Å². The molecule has 1 aliphatic carbocycles. The average molecular weight is 604 g/mol. The number of aliphatic hydroxyl groups is 4. The summed E-state index contributed by atoms with van der Waals surface area (Å²) >= 11 is 0. The molecular weight excluding hydrogens is 570 g/mol. The zero-order chi connectivity index (χ0) is 31.1. The van der Waals surface area contributed by atoms with Gasteiger partial charge >= 0.3 is 0 Å². The number of amides is 1. The largest absolute Gasteiger partial charge is 0.481 e. The van der Waals surface area contributed by atoms with Gasteiger partial charge in [0.1, 0.15) is 29.6 Å². The highest BCUT2D eigenvalue weighted by molar-refractivity contribution is 6.03. The zero-order valence-corrected chi connectivity index (χ0v) is 23.2. The van der Waals surface area contributed by atoms with Crippen LogP contribution in [0.3, 0.4) is 0 Å². The highest BCUT2D eigenvalue weighted by atomic mass is 19.3. The number of carbonyl (C=O) groups is 1. The molecule has 7 nitrogen and oxygen atoms in total. The van der Waals surface area contributed by atoms with Crippen LogP contribution in [-0.2, 0) is 4.79 Å². The van der Waals surface area contributed by atoms with Crippen molar-refractivity contribution in [3.05, 3.63) is 95.6 Å². The molecule has 0 radical (unpaired) electrons. The molecule has 0 spiro atoms. The maximum Gasteiger partial charge on any atom is 0.292 e. The summed E-state index contributed by atoms with van der Waals surface area (Å²) in [4.78, 5) is 14.8. The van der Waals surface area contributed by atoms with Crippen LogP contribution in [0.4, 0.5) is 23.2 Å². The van der Waals surface area contributed by atoms with E-state index >= 15 is 8.78 Å². The molecule has 3 aromatic carbocycles. The Hall–Kier alpha value is -3.51. The molecule has 230 valence electrons. The lowest BCUT2D eigenvalue weighted by molar-refractivity contribution is -0.261. The number of alkyl halides is 2. The lowest BCUT2D eigenvalue weighted by Crippen LogP contribution is -2.66. The second-order valence-corrected chi connectivity index (χ2v) is 11.1. The number of halogens is 4. The van der Waals surface area contributed by atoms with Gasteiger partial charge in [0.2, 0.25) is 5.91 Å². The van der Waals surface area contributed by atoms with Gasteiger partial charge < -0.3 is 30.1 Å². The fourth-order valence-corrected chi connectivity index (χ4v) is 6.13. The molecule has 1 heterocycles. The second-order valence-electron chi connectivity index (χ2n) is 11.1. The summed E-state index contributed by atoms with van der Waals surface area (Å²) in [6, 6.07) is 16.3. The number of rotatable bonds is 9. The van der Waals surface area contributed by atoms with Gasteiger partial charge in [0.25, 0.3) is 5.92 Å². The number of hydrogen-bond donors (Lipinski definition) is 4. The van der Waals surface area contributed by atoms with E-state index in [1.165, 1.54) is 72.5 Å². The van der Waals surface area contributed by atoms with Crippen molar-refractivity contribution in [1.29, 1.82) is 0 Å². The molecule has 2 fully saturated rings. The van der Waals surface area contributed by atoms with Gasteiger partial charge in [0.05, 0.1) is 30.1 Å². The van der Waals surface area contributed by atoms with Crippen molar-refractivity contribution < 1.29 is 47.5 Å². The minimum atomic E-state index is -3.64. The van der Waals surface area contributed by atoms with E-state index < -0.39 is 66.0 Å². The first kappa shape index (κ1) is 30.9.